The van der Waals surface area contributed by atoms with Gasteiger partial charge in [-0.15, -0.1) is 0 Å². The minimum Gasteiger partial charge on any atom is -0.456 e. The highest BCUT2D eigenvalue weighted by Gasteiger charge is 2.54. The number of furan rings is 2. The summed E-state index contributed by atoms with van der Waals surface area (Å²) in [5.41, 5.74) is 33.1. The van der Waals surface area contributed by atoms with E-state index in [0.29, 0.717) is 0 Å². The monoisotopic (exact) mass is 1390 g/mol. The van der Waals surface area contributed by atoms with E-state index in [0.717, 1.165) is 53.7 Å². The van der Waals surface area contributed by atoms with E-state index < -0.39 is 0 Å². The molecule has 3 aromatic heterocycles. The maximum Gasteiger partial charge on any atom is 0.144 e. The van der Waals surface area contributed by atoms with Crippen LogP contribution in [0.5, 0.6) is 0 Å². The summed E-state index contributed by atoms with van der Waals surface area (Å²) in [5.74, 6) is 0. The van der Waals surface area contributed by atoms with Crippen molar-refractivity contribution in [1.82, 2.24) is 4.57 Å². The van der Waals surface area contributed by atoms with Gasteiger partial charge in [0, 0.05) is 82.3 Å². The average molecular weight is 1390 g/mol. The molecule has 0 spiro atoms. The molecule has 4 nitrogen and oxygen atoms in total. The Kier molecular flexibility index (Phi) is 17.7. The highest BCUT2D eigenvalue weighted by molar-refractivity contribution is 6.21. The number of nitrogens with zero attached hydrogens (tertiary/aromatic N) is 2. The normalized spacial score (nSPS) is 15.1. The van der Waals surface area contributed by atoms with Gasteiger partial charge in [-0.05, 0) is 200 Å². The van der Waals surface area contributed by atoms with Crippen molar-refractivity contribution in [1.29, 1.82) is 0 Å². The van der Waals surface area contributed by atoms with Gasteiger partial charge in [0.25, 0.3) is 0 Å². The topological polar surface area (TPSA) is 34.5 Å². The molecular formula is C102H106N2O2. The highest BCUT2D eigenvalue weighted by Crippen LogP contribution is 2.68. The summed E-state index contributed by atoms with van der Waals surface area (Å²) in [4.78, 5) is 2.68. The molecule has 3 heterocycles. The zero-order valence-corrected chi connectivity index (χ0v) is 64.3. The minimum atomic E-state index is -0.326. The molecule has 0 radical (unpaired) electrons. The Morgan fingerprint density at radius 3 is 1.43 bits per heavy atom. The third-order valence-electron chi connectivity index (χ3n) is 26.5. The van der Waals surface area contributed by atoms with E-state index in [1.54, 1.807) is 16.7 Å². The Labute approximate surface area is 629 Å². The molecule has 0 fully saturated rings. The maximum absolute atomic E-state index is 7.63. The van der Waals surface area contributed by atoms with Crippen LogP contribution in [0.2, 0.25) is 0 Å². The second kappa shape index (κ2) is 27.4. The molecule has 4 aliphatic carbocycles. The van der Waals surface area contributed by atoms with Gasteiger partial charge in [0.15, 0.2) is 0 Å². The van der Waals surface area contributed by atoms with Crippen LogP contribution in [0.25, 0.3) is 116 Å². The van der Waals surface area contributed by atoms with Crippen LogP contribution in [0.15, 0.2) is 215 Å². The van der Waals surface area contributed by atoms with Gasteiger partial charge in [-0.25, -0.2) is 0 Å². The van der Waals surface area contributed by atoms with Gasteiger partial charge in [-0.3, -0.25) is 0 Å². The number of hydrogen-bond acceptors (Lipinski definition) is 3. The largest absolute Gasteiger partial charge is 0.456 e. The Morgan fingerprint density at radius 1 is 0.302 bits per heavy atom. The van der Waals surface area contributed by atoms with Crippen LogP contribution in [-0.4, -0.2) is 4.57 Å². The first kappa shape index (κ1) is 68.4. The van der Waals surface area contributed by atoms with Gasteiger partial charge in [0.1, 0.15) is 22.3 Å². The van der Waals surface area contributed by atoms with Crippen molar-refractivity contribution in [2.75, 3.05) is 4.90 Å². The van der Waals surface area contributed by atoms with E-state index in [-0.39, 0.29) is 21.7 Å². The predicted molar refractivity (Wildman–Crippen MR) is 451 cm³/mol. The van der Waals surface area contributed by atoms with Gasteiger partial charge < -0.3 is 18.3 Å². The molecule has 0 aliphatic heterocycles. The van der Waals surface area contributed by atoms with E-state index in [1.165, 1.54) is 261 Å². The Morgan fingerprint density at radius 2 is 0.774 bits per heavy atom. The molecule has 536 valence electrons. The van der Waals surface area contributed by atoms with Crippen molar-refractivity contribution in [3.05, 3.63) is 251 Å². The van der Waals surface area contributed by atoms with E-state index in [9.17, 15) is 0 Å². The number of fused-ring (bicyclic) bond motifs is 25. The first-order chi connectivity index (χ1) is 51.9. The first-order valence-electron chi connectivity index (χ1n) is 41.4. The number of rotatable bonds is 28. The SMILES string of the molecule is CCCCCCCC1(CCCCCCC)c2ccccc2-c2c1c1c(c3c2oc2ccccc23)-c2ccc(N(c3ccc4c(c3)C(C)(C)c3cc5c(cc3-4)C(C)(C)c3ccc4oc6ccccc6c4c3-5)c3ccc4c(c3)c3ccccc3n4-c3ccccc3)cc2C1(CCCCCCC)CCCCCCC. The van der Waals surface area contributed by atoms with Crippen molar-refractivity contribution in [2.24, 2.45) is 0 Å². The molecule has 0 bridgehead atoms. The number of para-hydroxylation sites is 4. The molecule has 4 heteroatoms. The molecule has 18 rings (SSSR count). The number of unbranched alkanes of at least 4 members (excludes halogenated alkanes) is 16. The average Bonchev–Trinajstić information content (AvgIpc) is 1.37. The minimum absolute atomic E-state index is 0.170. The third kappa shape index (κ3) is 10.7. The fraction of sp³-hybridized carbons (Fsp3) is 0.353. The van der Waals surface area contributed by atoms with Crippen molar-refractivity contribution in [2.45, 2.75) is 231 Å². The van der Waals surface area contributed by atoms with Gasteiger partial charge >= 0.3 is 0 Å². The summed E-state index contributed by atoms with van der Waals surface area (Å²) >= 11 is 0. The lowest BCUT2D eigenvalue weighted by Crippen LogP contribution is -2.33. The summed E-state index contributed by atoms with van der Waals surface area (Å²) in [6.07, 6.45) is 29.6. The standard InChI is InChI=1S/C102H106N2O2/c1-9-13-17-21-36-58-101(59-37-22-18-14-10-2)80-46-32-28-43-73(80)95-97(101)96-93(94-76-45-31-35-49-89(76)106-98(94)95)74-54-51-70(64-85(74)102(96,60-38-23-19-15-11-3)61-39-24-20-16-12-4)103(68-52-56-87-78(62-68)72-42-29-33-47-86(72)104(87)67-40-26-25-27-41-67)69-50-53-71-77-65-84-79(66-83(77)100(7,8)82(71)63-69)91-81(99(84,5)6)55-57-90-92(91)75-44-30-34-48-88(75)105-90/h25-35,40-57,62-66H,9-24,36-39,58-61H2,1-8H3. The number of hydrogen-bond donors (Lipinski definition) is 0. The fourth-order valence-corrected chi connectivity index (χ4v) is 21.3. The fourth-order valence-electron chi connectivity index (χ4n) is 21.3. The van der Waals surface area contributed by atoms with E-state index >= 15 is 0 Å². The van der Waals surface area contributed by atoms with Crippen LogP contribution in [0.1, 0.15) is 254 Å². The molecule has 11 aromatic carbocycles. The Hall–Kier alpha value is -9.38. The second-order valence-corrected chi connectivity index (χ2v) is 33.5. The number of anilines is 3. The van der Waals surface area contributed by atoms with Crippen LogP contribution in [0.3, 0.4) is 0 Å². The Balaban J connectivity index is 0.886. The lowest BCUT2D eigenvalue weighted by Gasteiger charge is -2.40. The molecule has 14 aromatic rings. The van der Waals surface area contributed by atoms with Gasteiger partial charge in [0.05, 0.1) is 11.0 Å². The van der Waals surface area contributed by atoms with Crippen LogP contribution >= 0.6 is 0 Å². The molecule has 4 aliphatic rings. The predicted octanol–water partition coefficient (Wildman–Crippen LogP) is 30.6. The highest BCUT2D eigenvalue weighted by atomic mass is 16.3. The molecular weight excluding hydrogens is 1290 g/mol. The summed E-state index contributed by atoms with van der Waals surface area (Å²) in [6.45, 7) is 19.4. The summed E-state index contributed by atoms with van der Waals surface area (Å²) < 4.78 is 16.7. The van der Waals surface area contributed by atoms with Gasteiger partial charge in [0.2, 0.25) is 0 Å². The number of aromatic nitrogens is 1. The van der Waals surface area contributed by atoms with Crippen LogP contribution in [0, 0.1) is 0 Å². The number of benzene rings is 11. The molecule has 0 atom stereocenters. The zero-order chi connectivity index (χ0) is 72.1. The van der Waals surface area contributed by atoms with Crippen molar-refractivity contribution in [3.63, 3.8) is 0 Å². The zero-order valence-electron chi connectivity index (χ0n) is 64.3. The van der Waals surface area contributed by atoms with Gasteiger partial charge in [-0.1, -0.05) is 299 Å². The van der Waals surface area contributed by atoms with E-state index in [4.69, 9.17) is 8.83 Å². The summed E-state index contributed by atoms with van der Waals surface area (Å²) in [5, 5.41) is 7.50. The first-order valence-corrected chi connectivity index (χ1v) is 41.4. The van der Waals surface area contributed by atoms with Crippen LogP contribution < -0.4 is 4.90 Å². The smallest absolute Gasteiger partial charge is 0.144 e. The molecule has 0 amide bonds. The van der Waals surface area contributed by atoms with E-state index in [1.807, 2.05) is 0 Å². The molecule has 0 unspecified atom stereocenters. The third-order valence-corrected chi connectivity index (χ3v) is 26.5. The lowest BCUT2D eigenvalue weighted by atomic mass is 9.62. The summed E-state index contributed by atoms with van der Waals surface area (Å²) in [7, 11) is 0. The molecule has 0 saturated carbocycles. The second-order valence-electron chi connectivity index (χ2n) is 33.5. The summed E-state index contributed by atoms with van der Waals surface area (Å²) in [6, 6.07) is 80.3. The van der Waals surface area contributed by atoms with Crippen molar-refractivity contribution in [3.8, 4) is 50.2 Å². The van der Waals surface area contributed by atoms with Crippen LogP contribution in [0.4, 0.5) is 17.1 Å². The van der Waals surface area contributed by atoms with Crippen molar-refractivity contribution >= 4 is 82.7 Å². The van der Waals surface area contributed by atoms with Gasteiger partial charge in [-0.2, -0.15) is 0 Å². The Bertz CT molecular complexity index is 5680. The molecule has 106 heavy (non-hydrogen) atoms. The van der Waals surface area contributed by atoms with E-state index in [2.05, 4.69) is 271 Å². The molecule has 0 N–H and O–H groups in total. The molecule has 0 saturated heterocycles. The van der Waals surface area contributed by atoms with Crippen LogP contribution in [-0.2, 0) is 21.7 Å². The maximum atomic E-state index is 7.63. The quantitative estimate of drug-likeness (QED) is 0.0458. The lowest BCUT2D eigenvalue weighted by molar-refractivity contribution is 0.369. The van der Waals surface area contributed by atoms with Crippen molar-refractivity contribution < 1.29 is 8.83 Å².